The molecule has 0 aliphatic heterocycles. The van der Waals surface area contributed by atoms with Crippen molar-refractivity contribution in [2.75, 3.05) is 7.11 Å². The molecular weight excluding hydrogens is 236 g/mol. The Morgan fingerprint density at radius 1 is 1.11 bits per heavy atom. The number of aryl methyl sites for hydroxylation is 2. The van der Waals surface area contributed by atoms with E-state index in [4.69, 9.17) is 4.74 Å². The highest BCUT2D eigenvalue weighted by Gasteiger charge is 2.12. The van der Waals surface area contributed by atoms with Crippen molar-refractivity contribution in [3.05, 3.63) is 64.7 Å². The van der Waals surface area contributed by atoms with E-state index in [0.717, 1.165) is 22.4 Å². The Labute approximate surface area is 114 Å². The summed E-state index contributed by atoms with van der Waals surface area (Å²) in [7, 11) is 1.63. The molecule has 2 heteroatoms. The van der Waals surface area contributed by atoms with E-state index in [1.165, 1.54) is 5.56 Å². The van der Waals surface area contributed by atoms with Crippen LogP contribution in [0.5, 0.6) is 5.75 Å². The fraction of sp³-hybridized carbons (Fsp3) is 0.235. The summed E-state index contributed by atoms with van der Waals surface area (Å²) < 4.78 is 5.28. The van der Waals surface area contributed by atoms with E-state index >= 15 is 0 Å². The van der Waals surface area contributed by atoms with Gasteiger partial charge in [-0.15, -0.1) is 0 Å². The summed E-state index contributed by atoms with van der Waals surface area (Å²) in [4.78, 5) is 12.4. The number of methoxy groups -OCH3 is 1. The van der Waals surface area contributed by atoms with Crippen LogP contribution in [-0.2, 0) is 6.42 Å². The fourth-order valence-corrected chi connectivity index (χ4v) is 2.24. The highest BCUT2D eigenvalue weighted by Crippen LogP contribution is 2.20. The van der Waals surface area contributed by atoms with Crippen LogP contribution in [0.15, 0.2) is 42.5 Å². The summed E-state index contributed by atoms with van der Waals surface area (Å²) in [5.41, 5.74) is 3.91. The van der Waals surface area contributed by atoms with Crippen molar-refractivity contribution < 1.29 is 9.53 Å². The minimum atomic E-state index is 0.127. The van der Waals surface area contributed by atoms with Crippen molar-refractivity contribution >= 4 is 5.78 Å². The molecule has 0 bridgehead atoms. The van der Waals surface area contributed by atoms with Crippen molar-refractivity contribution in [1.82, 2.24) is 0 Å². The molecule has 0 saturated heterocycles. The number of Topliss-reactive ketones (excluding diaryl/α,β-unsaturated/α-hetero) is 1. The Bertz CT molecular complexity index is 600. The molecule has 98 valence electrons. The van der Waals surface area contributed by atoms with E-state index in [2.05, 4.69) is 0 Å². The largest absolute Gasteiger partial charge is 0.496 e. The second-order valence-corrected chi connectivity index (χ2v) is 4.73. The van der Waals surface area contributed by atoms with Crippen molar-refractivity contribution in [2.24, 2.45) is 0 Å². The predicted octanol–water partition coefficient (Wildman–Crippen LogP) is 3.74. The number of hydrogen-bond donors (Lipinski definition) is 0. The van der Waals surface area contributed by atoms with Gasteiger partial charge in [0.1, 0.15) is 5.75 Å². The van der Waals surface area contributed by atoms with Crippen LogP contribution in [0, 0.1) is 13.8 Å². The highest BCUT2D eigenvalue weighted by atomic mass is 16.5. The van der Waals surface area contributed by atoms with Gasteiger partial charge in [0, 0.05) is 17.5 Å². The van der Waals surface area contributed by atoms with Crippen molar-refractivity contribution in [2.45, 2.75) is 20.3 Å². The summed E-state index contributed by atoms with van der Waals surface area (Å²) >= 11 is 0. The average Bonchev–Trinajstić information content (AvgIpc) is 2.39. The molecule has 0 N–H and O–H groups in total. The molecule has 0 unspecified atom stereocenters. The van der Waals surface area contributed by atoms with Crippen LogP contribution in [-0.4, -0.2) is 12.9 Å². The van der Waals surface area contributed by atoms with Crippen molar-refractivity contribution in [3.63, 3.8) is 0 Å². The van der Waals surface area contributed by atoms with Crippen molar-refractivity contribution in [1.29, 1.82) is 0 Å². The van der Waals surface area contributed by atoms with E-state index in [0.29, 0.717) is 6.42 Å². The van der Waals surface area contributed by atoms with Gasteiger partial charge in [-0.3, -0.25) is 4.79 Å². The predicted molar refractivity (Wildman–Crippen MR) is 76.9 cm³/mol. The molecule has 0 spiro atoms. The Kier molecular flexibility index (Phi) is 4.00. The first-order valence-electron chi connectivity index (χ1n) is 6.34. The maximum atomic E-state index is 12.4. The number of carbonyl (C=O) groups excluding carboxylic acids is 1. The third-order valence-electron chi connectivity index (χ3n) is 3.23. The van der Waals surface area contributed by atoms with Crippen LogP contribution in [0.4, 0.5) is 0 Å². The fourth-order valence-electron chi connectivity index (χ4n) is 2.24. The van der Waals surface area contributed by atoms with Crippen LogP contribution in [0.1, 0.15) is 27.0 Å². The third kappa shape index (κ3) is 3.02. The molecular formula is C17H18O2. The zero-order chi connectivity index (χ0) is 13.8. The van der Waals surface area contributed by atoms with Gasteiger partial charge in [0.25, 0.3) is 0 Å². The Hall–Kier alpha value is -2.09. The Morgan fingerprint density at radius 2 is 1.84 bits per heavy atom. The van der Waals surface area contributed by atoms with E-state index in [1.54, 1.807) is 7.11 Å². The van der Waals surface area contributed by atoms with Crippen LogP contribution in [0.25, 0.3) is 0 Å². The molecule has 2 nitrogen and oxygen atoms in total. The van der Waals surface area contributed by atoms with Gasteiger partial charge in [-0.25, -0.2) is 0 Å². The number of para-hydroxylation sites is 1. The van der Waals surface area contributed by atoms with E-state index in [-0.39, 0.29) is 5.78 Å². The Morgan fingerprint density at radius 3 is 2.53 bits per heavy atom. The molecule has 19 heavy (non-hydrogen) atoms. The first-order valence-corrected chi connectivity index (χ1v) is 6.34. The van der Waals surface area contributed by atoms with E-state index in [9.17, 15) is 4.79 Å². The first kappa shape index (κ1) is 13.3. The molecule has 0 atom stereocenters. The molecule has 0 aromatic heterocycles. The third-order valence-corrected chi connectivity index (χ3v) is 3.23. The number of ketones is 1. The van der Waals surface area contributed by atoms with Gasteiger partial charge in [0.2, 0.25) is 0 Å². The lowest BCUT2D eigenvalue weighted by molar-refractivity contribution is 0.0991. The zero-order valence-corrected chi connectivity index (χ0v) is 11.6. The summed E-state index contributed by atoms with van der Waals surface area (Å²) in [6, 6.07) is 13.6. The lowest BCUT2D eigenvalue weighted by atomic mass is 9.97. The lowest BCUT2D eigenvalue weighted by Crippen LogP contribution is -2.07. The summed E-state index contributed by atoms with van der Waals surface area (Å²) in [6.07, 6.45) is 0.369. The number of benzene rings is 2. The molecule has 2 aromatic rings. The maximum absolute atomic E-state index is 12.4. The molecule has 2 aromatic carbocycles. The standard InChI is InChI=1S/C17H18O2/c1-12-8-9-15(13(2)10-12)16(18)11-14-6-4-5-7-17(14)19-3/h4-10H,11H2,1-3H3. The molecule has 0 fully saturated rings. The van der Waals surface area contributed by atoms with Gasteiger partial charge in [-0.1, -0.05) is 42.0 Å². The van der Waals surface area contributed by atoms with Gasteiger partial charge in [0.05, 0.1) is 7.11 Å². The highest BCUT2D eigenvalue weighted by molar-refractivity contribution is 5.99. The first-order chi connectivity index (χ1) is 9.11. The topological polar surface area (TPSA) is 26.3 Å². The molecule has 0 aliphatic rings. The van der Waals surface area contributed by atoms with Gasteiger partial charge >= 0.3 is 0 Å². The molecule has 2 rings (SSSR count). The molecule has 0 aliphatic carbocycles. The van der Waals surface area contributed by atoms with Gasteiger partial charge < -0.3 is 4.74 Å². The number of rotatable bonds is 4. The van der Waals surface area contributed by atoms with Gasteiger partial charge in [0.15, 0.2) is 5.78 Å². The number of carbonyl (C=O) groups is 1. The molecule has 0 radical (unpaired) electrons. The second kappa shape index (κ2) is 5.70. The average molecular weight is 254 g/mol. The normalized spacial score (nSPS) is 10.3. The SMILES string of the molecule is COc1ccccc1CC(=O)c1ccc(C)cc1C. The quantitative estimate of drug-likeness (QED) is 0.777. The minimum absolute atomic E-state index is 0.127. The number of hydrogen-bond acceptors (Lipinski definition) is 2. The second-order valence-electron chi connectivity index (χ2n) is 4.73. The maximum Gasteiger partial charge on any atom is 0.167 e. The number of ether oxygens (including phenoxy) is 1. The summed E-state index contributed by atoms with van der Waals surface area (Å²) in [5.74, 6) is 0.891. The van der Waals surface area contributed by atoms with Gasteiger partial charge in [-0.2, -0.15) is 0 Å². The smallest absolute Gasteiger partial charge is 0.167 e. The minimum Gasteiger partial charge on any atom is -0.496 e. The van der Waals surface area contributed by atoms with Crippen LogP contribution in [0.2, 0.25) is 0 Å². The van der Waals surface area contributed by atoms with Crippen LogP contribution >= 0.6 is 0 Å². The van der Waals surface area contributed by atoms with Crippen molar-refractivity contribution in [3.8, 4) is 5.75 Å². The van der Waals surface area contributed by atoms with Gasteiger partial charge in [-0.05, 0) is 25.5 Å². The monoisotopic (exact) mass is 254 g/mol. The summed E-state index contributed by atoms with van der Waals surface area (Å²) in [5, 5.41) is 0. The Balaban J connectivity index is 2.26. The molecule has 0 amide bonds. The molecule has 0 heterocycles. The lowest BCUT2D eigenvalue weighted by Gasteiger charge is -2.09. The van der Waals surface area contributed by atoms with E-state index in [1.807, 2.05) is 56.3 Å². The zero-order valence-electron chi connectivity index (χ0n) is 11.6. The molecule has 0 saturated carbocycles. The summed E-state index contributed by atoms with van der Waals surface area (Å²) in [6.45, 7) is 4.00. The van der Waals surface area contributed by atoms with Crippen LogP contribution < -0.4 is 4.74 Å². The van der Waals surface area contributed by atoms with Crippen LogP contribution in [0.3, 0.4) is 0 Å². The van der Waals surface area contributed by atoms with E-state index < -0.39 is 0 Å².